The fraction of sp³-hybridized carbons (Fsp3) is 0.800. The first kappa shape index (κ1) is 11.8. The van der Waals surface area contributed by atoms with Crippen LogP contribution in [-0.4, -0.2) is 18.5 Å². The summed E-state index contributed by atoms with van der Waals surface area (Å²) in [7, 11) is 0. The zero-order chi connectivity index (χ0) is 6.57. The molecule has 1 unspecified atom stereocenters. The Morgan fingerprint density at radius 3 is 2.33 bits per heavy atom. The number of nitrogens with two attached hydrogens (primary N) is 1. The summed E-state index contributed by atoms with van der Waals surface area (Å²) in [5.41, 5.74) is 5.33. The van der Waals surface area contributed by atoms with Gasteiger partial charge in [0.05, 0.1) is 0 Å². The molecule has 0 aromatic rings. The monoisotopic (exact) mass is 167 g/mol. The number of nitrogens with one attached hydrogen (secondary N) is 1. The Bertz CT molecular complexity index is 85.0. The standard InChI is InChI=1S/C5H12N2O.V/c1-4(6)3-7-5(2)8;/h4H,3,6H2,1-2H3,(H,7,8);. The second-order valence-electron chi connectivity index (χ2n) is 1.91. The molecule has 0 rings (SSSR count). The van der Waals surface area contributed by atoms with Crippen molar-refractivity contribution in [1.82, 2.24) is 5.32 Å². The largest absolute Gasteiger partial charge is 0.355 e. The van der Waals surface area contributed by atoms with Gasteiger partial charge in [0.25, 0.3) is 0 Å². The number of amides is 1. The first-order valence-corrected chi connectivity index (χ1v) is 2.63. The zero-order valence-electron chi connectivity index (χ0n) is 5.72. The third-order valence-electron chi connectivity index (χ3n) is 0.673. The Hall–Kier alpha value is 0.0144. The molecule has 3 nitrogen and oxygen atoms in total. The predicted molar refractivity (Wildman–Crippen MR) is 32.3 cm³/mol. The minimum Gasteiger partial charge on any atom is -0.355 e. The van der Waals surface area contributed by atoms with E-state index in [1.807, 2.05) is 6.92 Å². The van der Waals surface area contributed by atoms with Crippen LogP contribution in [0.2, 0.25) is 0 Å². The van der Waals surface area contributed by atoms with Gasteiger partial charge in [-0.15, -0.1) is 0 Å². The van der Waals surface area contributed by atoms with Gasteiger partial charge in [0.2, 0.25) is 5.91 Å². The number of hydrogen-bond donors (Lipinski definition) is 2. The maximum absolute atomic E-state index is 10.2. The summed E-state index contributed by atoms with van der Waals surface area (Å²) in [6.45, 7) is 3.88. The Kier molecular flexibility index (Phi) is 8.03. The van der Waals surface area contributed by atoms with Crippen LogP contribution in [0, 0.1) is 0 Å². The first-order valence-electron chi connectivity index (χ1n) is 2.63. The van der Waals surface area contributed by atoms with Crippen molar-refractivity contribution in [2.75, 3.05) is 6.54 Å². The molecule has 0 saturated carbocycles. The van der Waals surface area contributed by atoms with Gasteiger partial charge in [-0.2, -0.15) is 0 Å². The van der Waals surface area contributed by atoms with E-state index in [4.69, 9.17) is 5.73 Å². The normalized spacial score (nSPS) is 11.4. The number of carbonyl (C=O) groups excluding carboxylic acids is 1. The van der Waals surface area contributed by atoms with Crippen LogP contribution in [0.15, 0.2) is 0 Å². The van der Waals surface area contributed by atoms with Crippen LogP contribution >= 0.6 is 0 Å². The number of hydrogen-bond acceptors (Lipinski definition) is 2. The van der Waals surface area contributed by atoms with E-state index in [0.29, 0.717) is 6.54 Å². The minimum atomic E-state index is -0.0256. The maximum Gasteiger partial charge on any atom is 0.216 e. The molecule has 0 heterocycles. The van der Waals surface area contributed by atoms with Gasteiger partial charge in [-0.05, 0) is 6.92 Å². The van der Waals surface area contributed by atoms with E-state index >= 15 is 0 Å². The third-order valence-corrected chi connectivity index (χ3v) is 0.673. The van der Waals surface area contributed by atoms with Crippen LogP contribution in [-0.2, 0) is 23.4 Å². The van der Waals surface area contributed by atoms with Gasteiger partial charge in [0, 0.05) is 38.1 Å². The summed E-state index contributed by atoms with van der Waals surface area (Å²) in [4.78, 5) is 10.2. The van der Waals surface area contributed by atoms with Gasteiger partial charge in [-0.25, -0.2) is 0 Å². The molecule has 1 radical (unpaired) electrons. The number of carbonyl (C=O) groups is 1. The van der Waals surface area contributed by atoms with Crippen molar-refractivity contribution >= 4 is 5.91 Å². The van der Waals surface area contributed by atoms with Gasteiger partial charge in [-0.1, -0.05) is 0 Å². The molecule has 0 fully saturated rings. The molecule has 0 saturated heterocycles. The Balaban J connectivity index is 0. The average Bonchev–Trinajstić information content (AvgIpc) is 1.61. The van der Waals surface area contributed by atoms with Crippen molar-refractivity contribution in [2.45, 2.75) is 19.9 Å². The summed E-state index contributed by atoms with van der Waals surface area (Å²) in [6.07, 6.45) is 0. The van der Waals surface area contributed by atoms with Crippen LogP contribution in [0.5, 0.6) is 0 Å². The Labute approximate surface area is 67.3 Å². The SMILES string of the molecule is CC(=O)NCC(C)N.[V]. The van der Waals surface area contributed by atoms with Crippen LogP contribution in [0.25, 0.3) is 0 Å². The molecule has 53 valence electrons. The molecular weight excluding hydrogens is 155 g/mol. The minimum absolute atomic E-state index is 0. The van der Waals surface area contributed by atoms with Crippen LogP contribution in [0.4, 0.5) is 0 Å². The van der Waals surface area contributed by atoms with E-state index in [0.717, 1.165) is 0 Å². The van der Waals surface area contributed by atoms with Gasteiger partial charge >= 0.3 is 0 Å². The summed E-state index contributed by atoms with van der Waals surface area (Å²) in [5, 5.41) is 2.58. The molecule has 0 aliphatic carbocycles. The molecule has 1 amide bonds. The van der Waals surface area contributed by atoms with Gasteiger partial charge in [0.1, 0.15) is 0 Å². The number of rotatable bonds is 2. The molecule has 3 N–H and O–H groups in total. The Morgan fingerprint density at radius 2 is 2.22 bits per heavy atom. The summed E-state index contributed by atoms with van der Waals surface area (Å²) in [5.74, 6) is -0.0256. The molecule has 0 aliphatic rings. The molecule has 1 atom stereocenters. The fourth-order valence-corrected chi connectivity index (χ4v) is 0.305. The molecule has 0 spiro atoms. The van der Waals surface area contributed by atoms with Crippen LogP contribution in [0.1, 0.15) is 13.8 Å². The zero-order valence-corrected chi connectivity index (χ0v) is 7.11. The molecule has 4 heteroatoms. The van der Waals surface area contributed by atoms with E-state index < -0.39 is 0 Å². The van der Waals surface area contributed by atoms with Crippen LogP contribution in [0.3, 0.4) is 0 Å². The Morgan fingerprint density at radius 1 is 1.78 bits per heavy atom. The first-order chi connectivity index (χ1) is 3.63. The molecular formula is C5H12N2OV. The van der Waals surface area contributed by atoms with E-state index in [9.17, 15) is 4.79 Å². The molecule has 9 heavy (non-hydrogen) atoms. The van der Waals surface area contributed by atoms with E-state index in [1.165, 1.54) is 6.92 Å². The predicted octanol–water partition coefficient (Wildman–Crippen LogP) is -0.533. The summed E-state index contributed by atoms with van der Waals surface area (Å²) >= 11 is 0. The maximum atomic E-state index is 10.2. The van der Waals surface area contributed by atoms with Crippen molar-refractivity contribution in [1.29, 1.82) is 0 Å². The van der Waals surface area contributed by atoms with Crippen molar-refractivity contribution in [3.05, 3.63) is 0 Å². The van der Waals surface area contributed by atoms with E-state index in [1.54, 1.807) is 0 Å². The van der Waals surface area contributed by atoms with Gasteiger partial charge in [0.15, 0.2) is 0 Å². The van der Waals surface area contributed by atoms with Crippen molar-refractivity contribution < 1.29 is 23.4 Å². The van der Waals surface area contributed by atoms with Gasteiger partial charge < -0.3 is 11.1 Å². The summed E-state index contributed by atoms with van der Waals surface area (Å²) < 4.78 is 0. The third kappa shape index (κ3) is 11.5. The smallest absolute Gasteiger partial charge is 0.216 e. The second-order valence-corrected chi connectivity index (χ2v) is 1.91. The van der Waals surface area contributed by atoms with Crippen molar-refractivity contribution in [3.63, 3.8) is 0 Å². The molecule has 0 aliphatic heterocycles. The fourth-order valence-electron chi connectivity index (χ4n) is 0.305. The molecule has 0 aromatic heterocycles. The van der Waals surface area contributed by atoms with Gasteiger partial charge in [-0.3, -0.25) is 4.79 Å². The molecule has 0 aromatic carbocycles. The van der Waals surface area contributed by atoms with Crippen molar-refractivity contribution in [2.24, 2.45) is 5.73 Å². The van der Waals surface area contributed by atoms with Crippen molar-refractivity contribution in [3.8, 4) is 0 Å². The summed E-state index contributed by atoms with van der Waals surface area (Å²) in [6, 6.07) is 0.0545. The topological polar surface area (TPSA) is 55.1 Å². The van der Waals surface area contributed by atoms with E-state index in [-0.39, 0.29) is 30.5 Å². The molecule has 0 bridgehead atoms. The average molecular weight is 167 g/mol. The quantitative estimate of drug-likeness (QED) is 0.580. The van der Waals surface area contributed by atoms with E-state index in [2.05, 4.69) is 5.32 Å². The van der Waals surface area contributed by atoms with Crippen LogP contribution < -0.4 is 11.1 Å². The second kappa shape index (κ2) is 6.14.